The molecule has 2 amide bonds. The normalized spacial score (nSPS) is 15.5. The number of amides is 2. The molecule has 2 aromatic rings. The van der Waals surface area contributed by atoms with E-state index in [1.807, 2.05) is 31.2 Å². The number of nitrogens with zero attached hydrogens (tertiary/aromatic N) is 1. The van der Waals surface area contributed by atoms with Gasteiger partial charge in [-0.05, 0) is 37.5 Å². The fourth-order valence-corrected chi connectivity index (χ4v) is 3.55. The van der Waals surface area contributed by atoms with Gasteiger partial charge in [0.05, 0.1) is 18.4 Å². The third kappa shape index (κ3) is 4.36. The number of aryl methyl sites for hydroxylation is 1. The molecule has 0 bridgehead atoms. The third-order valence-electron chi connectivity index (χ3n) is 5.34. The number of hydrogen-bond acceptors (Lipinski definition) is 4. The second kappa shape index (κ2) is 8.99. The molecule has 1 aliphatic rings. The first-order valence-electron chi connectivity index (χ1n) is 10.0. The van der Waals surface area contributed by atoms with Crippen molar-refractivity contribution >= 4 is 17.5 Å². The molecule has 2 N–H and O–H groups in total. The highest BCUT2D eigenvalue weighted by atomic mass is 16.5. The molecule has 6 heteroatoms. The molecule has 6 nitrogen and oxygen atoms in total. The van der Waals surface area contributed by atoms with Gasteiger partial charge in [-0.2, -0.15) is 0 Å². The number of carbonyl (C=O) groups excluding carboxylic acids is 2. The second-order valence-electron chi connectivity index (χ2n) is 7.46. The number of anilines is 1. The number of methoxy groups -OCH3 is 1. The Balaban J connectivity index is 1.83. The Labute approximate surface area is 172 Å². The Morgan fingerprint density at radius 1 is 1.21 bits per heavy atom. The highest BCUT2D eigenvalue weighted by Gasteiger charge is 2.33. The minimum absolute atomic E-state index is 0.0548. The van der Waals surface area contributed by atoms with Gasteiger partial charge in [0.1, 0.15) is 17.5 Å². The SMILES string of the molecule is CCCCC1Nc2ccc(C(=O)NCc3ccc(C)cc3)c(OC)c2C(=O)N1C. The highest BCUT2D eigenvalue weighted by molar-refractivity contribution is 6.08. The molecular formula is C23H29N3O3. The van der Waals surface area contributed by atoms with Gasteiger partial charge >= 0.3 is 0 Å². The monoisotopic (exact) mass is 395 g/mol. The first-order valence-corrected chi connectivity index (χ1v) is 10.0. The molecule has 0 fully saturated rings. The number of fused-ring (bicyclic) bond motifs is 1. The summed E-state index contributed by atoms with van der Waals surface area (Å²) < 4.78 is 5.52. The fraction of sp³-hybridized carbons (Fsp3) is 0.391. The Hall–Kier alpha value is -3.02. The van der Waals surface area contributed by atoms with Gasteiger partial charge in [0.2, 0.25) is 0 Å². The van der Waals surface area contributed by atoms with Crippen molar-refractivity contribution in [3.63, 3.8) is 0 Å². The highest BCUT2D eigenvalue weighted by Crippen LogP contribution is 2.36. The Bertz CT molecular complexity index is 893. The minimum Gasteiger partial charge on any atom is -0.495 e. The van der Waals surface area contributed by atoms with Gasteiger partial charge in [0, 0.05) is 13.6 Å². The van der Waals surface area contributed by atoms with Crippen LogP contribution in [0.2, 0.25) is 0 Å². The van der Waals surface area contributed by atoms with Crippen molar-refractivity contribution in [2.24, 2.45) is 0 Å². The zero-order valence-corrected chi connectivity index (χ0v) is 17.5. The van der Waals surface area contributed by atoms with Crippen molar-refractivity contribution in [1.29, 1.82) is 0 Å². The summed E-state index contributed by atoms with van der Waals surface area (Å²) in [6.07, 6.45) is 2.91. The van der Waals surface area contributed by atoms with Crippen molar-refractivity contribution in [2.45, 2.75) is 45.8 Å². The number of nitrogens with one attached hydrogen (secondary N) is 2. The van der Waals surface area contributed by atoms with Crippen LogP contribution in [0.1, 0.15) is 58.0 Å². The molecule has 29 heavy (non-hydrogen) atoms. The van der Waals surface area contributed by atoms with Gasteiger partial charge < -0.3 is 20.3 Å². The largest absolute Gasteiger partial charge is 0.495 e. The molecule has 0 radical (unpaired) electrons. The van der Waals surface area contributed by atoms with Crippen LogP contribution >= 0.6 is 0 Å². The number of rotatable bonds is 7. The van der Waals surface area contributed by atoms with E-state index in [2.05, 4.69) is 17.6 Å². The summed E-state index contributed by atoms with van der Waals surface area (Å²) in [5.41, 5.74) is 3.65. The molecule has 1 unspecified atom stereocenters. The fourth-order valence-electron chi connectivity index (χ4n) is 3.55. The Kier molecular flexibility index (Phi) is 6.42. The van der Waals surface area contributed by atoms with Crippen LogP contribution in [0, 0.1) is 6.92 Å². The summed E-state index contributed by atoms with van der Waals surface area (Å²) in [6.45, 7) is 4.56. The predicted octanol–water partition coefficient (Wildman–Crippen LogP) is 3.95. The maximum atomic E-state index is 13.0. The molecule has 1 atom stereocenters. The zero-order valence-electron chi connectivity index (χ0n) is 17.5. The van der Waals surface area contributed by atoms with E-state index in [1.165, 1.54) is 12.7 Å². The van der Waals surface area contributed by atoms with Crippen molar-refractivity contribution < 1.29 is 14.3 Å². The van der Waals surface area contributed by atoms with Crippen LogP contribution in [0.15, 0.2) is 36.4 Å². The number of unbranched alkanes of at least 4 members (excludes halogenated alkanes) is 1. The standard InChI is InChI=1S/C23H29N3O3/c1-5-6-7-19-25-18-13-12-17(21(29-4)20(18)23(28)26(19)3)22(27)24-14-16-10-8-15(2)9-11-16/h8-13,19,25H,5-7,14H2,1-4H3,(H,24,27). The van der Waals surface area contributed by atoms with Crippen molar-refractivity contribution in [3.05, 3.63) is 58.7 Å². The van der Waals surface area contributed by atoms with E-state index in [0.717, 1.165) is 24.8 Å². The molecule has 1 aliphatic heterocycles. The Morgan fingerprint density at radius 3 is 2.59 bits per heavy atom. The number of hydrogen-bond donors (Lipinski definition) is 2. The summed E-state index contributed by atoms with van der Waals surface area (Å²) in [5, 5.41) is 6.32. The van der Waals surface area contributed by atoms with Gasteiger partial charge in [-0.1, -0.05) is 43.2 Å². The summed E-state index contributed by atoms with van der Waals surface area (Å²) in [4.78, 5) is 27.5. The molecular weight excluding hydrogens is 366 g/mol. The lowest BCUT2D eigenvalue weighted by Gasteiger charge is -2.36. The lowest BCUT2D eigenvalue weighted by Crippen LogP contribution is -2.46. The third-order valence-corrected chi connectivity index (χ3v) is 5.34. The first-order chi connectivity index (χ1) is 14.0. The number of benzene rings is 2. The van der Waals surface area contributed by atoms with Crippen LogP contribution in [0.4, 0.5) is 5.69 Å². The maximum absolute atomic E-state index is 13.0. The van der Waals surface area contributed by atoms with Crippen LogP contribution in [0.25, 0.3) is 0 Å². The molecule has 154 valence electrons. The van der Waals surface area contributed by atoms with Gasteiger partial charge in [-0.25, -0.2) is 0 Å². The van der Waals surface area contributed by atoms with E-state index >= 15 is 0 Å². The minimum atomic E-state index is -0.270. The molecule has 0 saturated carbocycles. The summed E-state index contributed by atoms with van der Waals surface area (Å²) in [6, 6.07) is 11.5. The van der Waals surface area contributed by atoms with Crippen LogP contribution in [-0.2, 0) is 6.54 Å². The van der Waals surface area contributed by atoms with E-state index in [0.29, 0.717) is 29.1 Å². The van der Waals surface area contributed by atoms with Gasteiger partial charge in [0.25, 0.3) is 11.8 Å². The summed E-state index contributed by atoms with van der Waals surface area (Å²) in [7, 11) is 3.27. The lowest BCUT2D eigenvalue weighted by atomic mass is 10.0. The molecule has 0 aromatic heterocycles. The summed E-state index contributed by atoms with van der Waals surface area (Å²) in [5.74, 6) is -0.0964. The van der Waals surface area contributed by atoms with E-state index in [9.17, 15) is 9.59 Å². The van der Waals surface area contributed by atoms with Gasteiger partial charge in [0.15, 0.2) is 0 Å². The van der Waals surface area contributed by atoms with Crippen molar-refractivity contribution in [2.75, 3.05) is 19.5 Å². The van der Waals surface area contributed by atoms with E-state index in [1.54, 1.807) is 24.1 Å². The van der Waals surface area contributed by atoms with Crippen molar-refractivity contribution in [1.82, 2.24) is 10.2 Å². The predicted molar refractivity (Wildman–Crippen MR) is 114 cm³/mol. The molecule has 0 aliphatic carbocycles. The van der Waals surface area contributed by atoms with E-state index < -0.39 is 0 Å². The molecule has 1 heterocycles. The lowest BCUT2D eigenvalue weighted by molar-refractivity contribution is 0.0724. The average molecular weight is 396 g/mol. The van der Waals surface area contributed by atoms with E-state index in [4.69, 9.17) is 4.74 Å². The van der Waals surface area contributed by atoms with Crippen LogP contribution < -0.4 is 15.4 Å². The molecule has 3 rings (SSSR count). The molecule has 0 saturated heterocycles. The van der Waals surface area contributed by atoms with Crippen molar-refractivity contribution in [3.8, 4) is 5.75 Å². The summed E-state index contributed by atoms with van der Waals surface area (Å²) >= 11 is 0. The van der Waals surface area contributed by atoms with E-state index in [-0.39, 0.29) is 18.0 Å². The first kappa shape index (κ1) is 20.7. The Morgan fingerprint density at radius 2 is 1.93 bits per heavy atom. The smallest absolute Gasteiger partial charge is 0.261 e. The average Bonchev–Trinajstić information content (AvgIpc) is 2.73. The second-order valence-corrected chi connectivity index (χ2v) is 7.46. The number of ether oxygens (including phenoxy) is 1. The zero-order chi connectivity index (χ0) is 21.0. The van der Waals surface area contributed by atoms with Crippen LogP contribution in [-0.4, -0.2) is 37.0 Å². The molecule has 0 spiro atoms. The maximum Gasteiger partial charge on any atom is 0.261 e. The molecule has 2 aromatic carbocycles. The van der Waals surface area contributed by atoms with Crippen LogP contribution in [0.3, 0.4) is 0 Å². The van der Waals surface area contributed by atoms with Crippen LogP contribution in [0.5, 0.6) is 5.75 Å². The van der Waals surface area contributed by atoms with Gasteiger partial charge in [-0.15, -0.1) is 0 Å². The number of carbonyl (C=O) groups is 2. The quantitative estimate of drug-likeness (QED) is 0.745. The topological polar surface area (TPSA) is 70.7 Å². The van der Waals surface area contributed by atoms with Gasteiger partial charge in [-0.3, -0.25) is 9.59 Å².